The van der Waals surface area contributed by atoms with Crippen LogP contribution in [0, 0.1) is 11.6 Å². The summed E-state index contributed by atoms with van der Waals surface area (Å²) >= 11 is 5.66. The Kier molecular flexibility index (Phi) is 5.98. The van der Waals surface area contributed by atoms with Crippen LogP contribution in [0.1, 0.15) is 19.8 Å². The van der Waals surface area contributed by atoms with Gasteiger partial charge in [-0.1, -0.05) is 18.5 Å². The molecule has 0 radical (unpaired) electrons. The molecule has 0 bridgehead atoms. The zero-order valence-electron chi connectivity index (χ0n) is 10.3. The first-order valence-corrected chi connectivity index (χ1v) is 6.19. The zero-order chi connectivity index (χ0) is 14.4. The van der Waals surface area contributed by atoms with Crippen molar-refractivity contribution in [1.29, 1.82) is 0 Å². The van der Waals surface area contributed by atoms with E-state index in [1.165, 1.54) is 0 Å². The molecule has 19 heavy (non-hydrogen) atoms. The Hall–Kier alpha value is -1.40. The van der Waals surface area contributed by atoms with Gasteiger partial charge in [0.05, 0.1) is 16.8 Å². The van der Waals surface area contributed by atoms with Gasteiger partial charge in [-0.05, 0) is 18.9 Å². The molecule has 0 aliphatic rings. The standard InChI is InChI=1S/C12H15ClF2N2O2/c1-2-7(18)3-4-16-12(19)17-11-6-10(15)9(14)5-8(11)13/h5-7,18H,2-4H2,1H3,(H2,16,17,19). The number of amides is 2. The smallest absolute Gasteiger partial charge is 0.319 e. The van der Waals surface area contributed by atoms with Crippen LogP contribution in [-0.4, -0.2) is 23.8 Å². The van der Waals surface area contributed by atoms with Crippen molar-refractivity contribution in [3.8, 4) is 0 Å². The van der Waals surface area contributed by atoms with E-state index in [-0.39, 0.29) is 17.3 Å². The van der Waals surface area contributed by atoms with Crippen LogP contribution in [0.4, 0.5) is 19.3 Å². The summed E-state index contributed by atoms with van der Waals surface area (Å²) in [6.07, 6.45) is 0.528. The Morgan fingerprint density at radius 1 is 1.42 bits per heavy atom. The van der Waals surface area contributed by atoms with Gasteiger partial charge < -0.3 is 15.7 Å². The lowest BCUT2D eigenvalue weighted by atomic mass is 10.2. The van der Waals surface area contributed by atoms with Crippen LogP contribution in [0.15, 0.2) is 12.1 Å². The van der Waals surface area contributed by atoms with Gasteiger partial charge in [0.1, 0.15) is 0 Å². The number of carbonyl (C=O) groups excluding carboxylic acids is 1. The van der Waals surface area contributed by atoms with Crippen LogP contribution in [0.3, 0.4) is 0 Å². The summed E-state index contributed by atoms with van der Waals surface area (Å²) in [6, 6.07) is 0.988. The number of nitrogens with one attached hydrogen (secondary N) is 2. The second kappa shape index (κ2) is 7.25. The second-order valence-corrected chi connectivity index (χ2v) is 4.39. The van der Waals surface area contributed by atoms with Crippen molar-refractivity contribution in [2.75, 3.05) is 11.9 Å². The maximum atomic E-state index is 13.0. The molecule has 0 saturated heterocycles. The summed E-state index contributed by atoms with van der Waals surface area (Å²) in [5.41, 5.74) is -0.0193. The van der Waals surface area contributed by atoms with Crippen molar-refractivity contribution in [1.82, 2.24) is 5.32 Å². The first-order chi connectivity index (χ1) is 8.93. The SMILES string of the molecule is CCC(O)CCNC(=O)Nc1cc(F)c(F)cc1Cl. The lowest BCUT2D eigenvalue weighted by Crippen LogP contribution is -2.31. The maximum absolute atomic E-state index is 13.0. The molecule has 7 heteroatoms. The van der Waals surface area contributed by atoms with Crippen LogP contribution in [0.5, 0.6) is 0 Å². The molecule has 4 nitrogen and oxygen atoms in total. The van der Waals surface area contributed by atoms with E-state index < -0.39 is 23.8 Å². The third kappa shape index (κ3) is 5.00. The molecule has 106 valence electrons. The van der Waals surface area contributed by atoms with E-state index >= 15 is 0 Å². The third-order valence-electron chi connectivity index (χ3n) is 2.49. The van der Waals surface area contributed by atoms with Gasteiger partial charge in [-0.25, -0.2) is 13.6 Å². The third-order valence-corrected chi connectivity index (χ3v) is 2.81. The molecule has 1 aromatic carbocycles. The van der Waals surface area contributed by atoms with Gasteiger partial charge in [0.25, 0.3) is 0 Å². The van der Waals surface area contributed by atoms with Gasteiger partial charge in [0.15, 0.2) is 11.6 Å². The number of halogens is 3. The zero-order valence-corrected chi connectivity index (χ0v) is 11.1. The number of carbonyl (C=O) groups is 1. The van der Waals surface area contributed by atoms with Crippen LogP contribution in [0.25, 0.3) is 0 Å². The molecular weight excluding hydrogens is 278 g/mol. The molecule has 0 saturated carbocycles. The Morgan fingerprint density at radius 2 is 2.05 bits per heavy atom. The molecule has 0 aliphatic carbocycles. The molecule has 1 unspecified atom stereocenters. The van der Waals surface area contributed by atoms with Gasteiger partial charge in [-0.3, -0.25) is 0 Å². The molecule has 1 aromatic rings. The summed E-state index contributed by atoms with van der Waals surface area (Å²) in [4.78, 5) is 11.5. The van der Waals surface area contributed by atoms with Crippen molar-refractivity contribution in [3.05, 3.63) is 28.8 Å². The van der Waals surface area contributed by atoms with E-state index in [9.17, 15) is 18.7 Å². The van der Waals surface area contributed by atoms with Crippen molar-refractivity contribution in [2.24, 2.45) is 0 Å². The molecule has 0 aromatic heterocycles. The van der Waals surface area contributed by atoms with E-state index in [2.05, 4.69) is 10.6 Å². The van der Waals surface area contributed by atoms with E-state index in [4.69, 9.17) is 11.6 Å². The minimum absolute atomic E-state index is 0.0193. The summed E-state index contributed by atoms with van der Waals surface area (Å²) in [5, 5.41) is 14.0. The molecule has 1 rings (SSSR count). The fourth-order valence-corrected chi connectivity index (χ4v) is 1.54. The quantitative estimate of drug-likeness (QED) is 0.731. The molecule has 0 aliphatic heterocycles. The lowest BCUT2D eigenvalue weighted by Gasteiger charge is -2.11. The van der Waals surface area contributed by atoms with E-state index in [0.29, 0.717) is 12.8 Å². The van der Waals surface area contributed by atoms with Gasteiger partial charge in [-0.15, -0.1) is 0 Å². The van der Waals surface area contributed by atoms with Crippen LogP contribution in [-0.2, 0) is 0 Å². The normalized spacial score (nSPS) is 12.1. The molecule has 0 heterocycles. The maximum Gasteiger partial charge on any atom is 0.319 e. The summed E-state index contributed by atoms with van der Waals surface area (Å²) in [6.45, 7) is 2.09. The van der Waals surface area contributed by atoms with E-state index in [1.54, 1.807) is 0 Å². The molecule has 1 atom stereocenters. The number of aliphatic hydroxyl groups is 1. The van der Waals surface area contributed by atoms with Gasteiger partial charge >= 0.3 is 6.03 Å². The average molecular weight is 293 g/mol. The summed E-state index contributed by atoms with van der Waals surface area (Å²) in [5.74, 6) is -2.18. The van der Waals surface area contributed by atoms with Gasteiger partial charge in [-0.2, -0.15) is 0 Å². The van der Waals surface area contributed by atoms with Gasteiger partial charge in [0, 0.05) is 12.6 Å². The van der Waals surface area contributed by atoms with Crippen LogP contribution >= 0.6 is 11.6 Å². The predicted octanol–water partition coefficient (Wildman–Crippen LogP) is 2.90. The van der Waals surface area contributed by atoms with Crippen molar-refractivity contribution >= 4 is 23.3 Å². The molecule has 0 fully saturated rings. The Labute approximate surface area is 114 Å². The minimum Gasteiger partial charge on any atom is -0.393 e. The highest BCUT2D eigenvalue weighted by Crippen LogP contribution is 2.24. The van der Waals surface area contributed by atoms with Crippen LogP contribution < -0.4 is 10.6 Å². The highest BCUT2D eigenvalue weighted by atomic mass is 35.5. The van der Waals surface area contributed by atoms with Gasteiger partial charge in [0.2, 0.25) is 0 Å². The number of rotatable bonds is 5. The highest BCUT2D eigenvalue weighted by Gasteiger charge is 2.11. The summed E-state index contributed by atoms with van der Waals surface area (Å²) < 4.78 is 25.8. The van der Waals surface area contributed by atoms with Crippen molar-refractivity contribution in [2.45, 2.75) is 25.9 Å². The first-order valence-electron chi connectivity index (χ1n) is 5.81. The average Bonchev–Trinajstić information content (AvgIpc) is 2.35. The van der Waals surface area contributed by atoms with Crippen LogP contribution in [0.2, 0.25) is 5.02 Å². The lowest BCUT2D eigenvalue weighted by molar-refractivity contribution is 0.160. The Bertz CT molecular complexity index is 458. The van der Waals surface area contributed by atoms with E-state index in [0.717, 1.165) is 12.1 Å². The largest absolute Gasteiger partial charge is 0.393 e. The Morgan fingerprint density at radius 3 is 2.68 bits per heavy atom. The molecule has 0 spiro atoms. The second-order valence-electron chi connectivity index (χ2n) is 3.98. The first kappa shape index (κ1) is 15.7. The molecule has 2 amide bonds. The van der Waals surface area contributed by atoms with Crippen molar-refractivity contribution < 1.29 is 18.7 Å². The fourth-order valence-electron chi connectivity index (χ4n) is 1.34. The monoisotopic (exact) mass is 292 g/mol. The summed E-state index contributed by atoms with van der Waals surface area (Å²) in [7, 11) is 0. The number of hydrogen-bond donors (Lipinski definition) is 3. The number of urea groups is 1. The molecule has 3 N–H and O–H groups in total. The van der Waals surface area contributed by atoms with E-state index in [1.807, 2.05) is 6.92 Å². The number of anilines is 1. The minimum atomic E-state index is -1.10. The fraction of sp³-hybridized carbons (Fsp3) is 0.417. The number of hydrogen-bond acceptors (Lipinski definition) is 2. The predicted molar refractivity (Wildman–Crippen MR) is 69.3 cm³/mol. The molecular formula is C12H15ClF2N2O2. The topological polar surface area (TPSA) is 61.4 Å². The number of aliphatic hydroxyl groups excluding tert-OH is 1. The Balaban J connectivity index is 2.51. The highest BCUT2D eigenvalue weighted by molar-refractivity contribution is 6.33. The number of benzene rings is 1. The van der Waals surface area contributed by atoms with Crippen molar-refractivity contribution in [3.63, 3.8) is 0 Å².